The van der Waals surface area contributed by atoms with Gasteiger partial charge in [-0.05, 0) is 25.1 Å². The lowest BCUT2D eigenvalue weighted by Gasteiger charge is -2.22. The van der Waals surface area contributed by atoms with E-state index in [9.17, 15) is 4.79 Å². The lowest BCUT2D eigenvalue weighted by Crippen LogP contribution is -2.29. The van der Waals surface area contributed by atoms with Crippen LogP contribution in [0.3, 0.4) is 0 Å². The fraction of sp³-hybridized carbons (Fsp3) is 0.273. The zero-order valence-corrected chi connectivity index (χ0v) is 9.53. The minimum atomic E-state index is -0.939. The maximum absolute atomic E-state index is 10.7. The number of nitriles is 1. The smallest absolute Gasteiger partial charge is 0.323 e. The minimum absolute atomic E-state index is 0.147. The number of likely N-dealkylation sites (N-methyl/N-ethyl adjacent to an activating group) is 1. The van der Waals surface area contributed by atoms with Crippen molar-refractivity contribution in [2.24, 2.45) is 0 Å². The van der Waals surface area contributed by atoms with E-state index in [1.54, 1.807) is 23.1 Å². The van der Waals surface area contributed by atoms with Crippen molar-refractivity contribution in [3.63, 3.8) is 0 Å². The number of rotatable bonds is 4. The number of anilines is 1. The molecule has 0 unspecified atom stereocenters. The molecule has 0 aliphatic heterocycles. The fourth-order valence-electron chi connectivity index (χ4n) is 1.39. The molecule has 0 atom stereocenters. The molecule has 0 amide bonds. The maximum Gasteiger partial charge on any atom is 0.323 e. The Morgan fingerprint density at radius 2 is 2.31 bits per heavy atom. The van der Waals surface area contributed by atoms with Gasteiger partial charge in [0, 0.05) is 11.6 Å². The van der Waals surface area contributed by atoms with Gasteiger partial charge in [0.05, 0.1) is 11.3 Å². The first-order valence-electron chi connectivity index (χ1n) is 4.75. The first-order chi connectivity index (χ1) is 7.58. The molecule has 0 bridgehead atoms. The predicted octanol–water partition coefficient (Wildman–Crippen LogP) is 2.12. The molecule has 0 spiro atoms. The highest BCUT2D eigenvalue weighted by Gasteiger charge is 2.13. The number of aliphatic carboxylic acids is 1. The third-order valence-corrected chi connectivity index (χ3v) is 2.36. The Labute approximate surface area is 98.7 Å². The van der Waals surface area contributed by atoms with Gasteiger partial charge in [0.15, 0.2) is 0 Å². The zero-order chi connectivity index (χ0) is 12.1. The van der Waals surface area contributed by atoms with Gasteiger partial charge >= 0.3 is 5.97 Å². The molecule has 0 aromatic heterocycles. The molecule has 84 valence electrons. The number of hydrogen-bond donors (Lipinski definition) is 1. The molecule has 0 saturated carbocycles. The van der Waals surface area contributed by atoms with E-state index in [0.29, 0.717) is 22.8 Å². The lowest BCUT2D eigenvalue weighted by molar-refractivity contribution is -0.135. The van der Waals surface area contributed by atoms with Crippen LogP contribution in [0, 0.1) is 11.3 Å². The Bertz CT molecular complexity index is 440. The molecule has 4 nitrogen and oxygen atoms in total. The van der Waals surface area contributed by atoms with Crippen LogP contribution in [0.4, 0.5) is 5.69 Å². The summed E-state index contributed by atoms with van der Waals surface area (Å²) in [7, 11) is 0. The van der Waals surface area contributed by atoms with Crippen molar-refractivity contribution in [1.29, 1.82) is 5.26 Å². The Hall–Kier alpha value is -1.73. The quantitative estimate of drug-likeness (QED) is 0.873. The number of carbonyl (C=O) groups is 1. The standard InChI is InChI=1S/C11H11ClN2O2/c1-2-14(7-11(15)16)10-5-9(12)4-3-8(10)6-13/h3-5H,2,7H2,1H3,(H,15,16). The monoisotopic (exact) mass is 238 g/mol. The lowest BCUT2D eigenvalue weighted by atomic mass is 10.1. The average Bonchev–Trinajstić information content (AvgIpc) is 2.25. The molecule has 0 aliphatic carbocycles. The van der Waals surface area contributed by atoms with Gasteiger partial charge in [-0.2, -0.15) is 5.26 Å². The number of benzene rings is 1. The van der Waals surface area contributed by atoms with Crippen LogP contribution in [0.25, 0.3) is 0 Å². The van der Waals surface area contributed by atoms with E-state index < -0.39 is 5.97 Å². The molecular weight excluding hydrogens is 228 g/mol. The summed E-state index contributed by atoms with van der Waals surface area (Å²) >= 11 is 5.83. The molecule has 0 heterocycles. The largest absolute Gasteiger partial charge is 0.480 e. The Balaban J connectivity index is 3.13. The van der Waals surface area contributed by atoms with Crippen LogP contribution >= 0.6 is 11.6 Å². The van der Waals surface area contributed by atoms with E-state index >= 15 is 0 Å². The van der Waals surface area contributed by atoms with Gasteiger partial charge in [0.1, 0.15) is 12.6 Å². The molecule has 1 rings (SSSR count). The second kappa shape index (κ2) is 5.38. The van der Waals surface area contributed by atoms with Crippen LogP contribution in [-0.4, -0.2) is 24.2 Å². The summed E-state index contributed by atoms with van der Waals surface area (Å²) in [6.45, 7) is 2.18. The van der Waals surface area contributed by atoms with Crippen LogP contribution in [0.1, 0.15) is 12.5 Å². The first kappa shape index (κ1) is 12.3. The van der Waals surface area contributed by atoms with Gasteiger partial charge in [-0.3, -0.25) is 4.79 Å². The van der Waals surface area contributed by atoms with Gasteiger partial charge in [-0.1, -0.05) is 11.6 Å². The summed E-state index contributed by atoms with van der Waals surface area (Å²) in [5, 5.41) is 18.2. The van der Waals surface area contributed by atoms with Crippen molar-refractivity contribution in [2.75, 3.05) is 18.0 Å². The van der Waals surface area contributed by atoms with Crippen molar-refractivity contribution in [1.82, 2.24) is 0 Å². The van der Waals surface area contributed by atoms with Gasteiger partial charge in [0.25, 0.3) is 0 Å². The molecule has 5 heteroatoms. The predicted molar refractivity (Wildman–Crippen MR) is 61.7 cm³/mol. The Morgan fingerprint density at radius 3 is 2.81 bits per heavy atom. The highest BCUT2D eigenvalue weighted by atomic mass is 35.5. The van der Waals surface area contributed by atoms with E-state index in [4.69, 9.17) is 22.0 Å². The topological polar surface area (TPSA) is 64.3 Å². The summed E-state index contributed by atoms with van der Waals surface area (Å²) in [5.74, 6) is -0.939. The third-order valence-electron chi connectivity index (χ3n) is 2.13. The van der Waals surface area contributed by atoms with Gasteiger partial charge in [0.2, 0.25) is 0 Å². The van der Waals surface area contributed by atoms with Gasteiger partial charge < -0.3 is 10.0 Å². The van der Waals surface area contributed by atoms with E-state index in [1.165, 1.54) is 0 Å². The number of hydrogen-bond acceptors (Lipinski definition) is 3. The van der Waals surface area contributed by atoms with E-state index in [0.717, 1.165) is 0 Å². The van der Waals surface area contributed by atoms with Crippen molar-refractivity contribution in [3.05, 3.63) is 28.8 Å². The van der Waals surface area contributed by atoms with Crippen LogP contribution in [-0.2, 0) is 4.79 Å². The summed E-state index contributed by atoms with van der Waals surface area (Å²) in [4.78, 5) is 12.3. The average molecular weight is 239 g/mol. The number of nitrogens with zero attached hydrogens (tertiary/aromatic N) is 2. The molecule has 1 aromatic rings. The highest BCUT2D eigenvalue weighted by molar-refractivity contribution is 6.30. The van der Waals surface area contributed by atoms with E-state index in [-0.39, 0.29) is 6.54 Å². The van der Waals surface area contributed by atoms with Crippen LogP contribution in [0.5, 0.6) is 0 Å². The van der Waals surface area contributed by atoms with E-state index in [2.05, 4.69) is 0 Å². The van der Waals surface area contributed by atoms with Crippen molar-refractivity contribution in [2.45, 2.75) is 6.92 Å². The second-order valence-electron chi connectivity index (χ2n) is 3.18. The maximum atomic E-state index is 10.7. The van der Waals surface area contributed by atoms with Crippen LogP contribution in [0.15, 0.2) is 18.2 Å². The number of halogens is 1. The minimum Gasteiger partial charge on any atom is -0.480 e. The SMILES string of the molecule is CCN(CC(=O)O)c1cc(Cl)ccc1C#N. The molecule has 1 N–H and O–H groups in total. The molecule has 0 fully saturated rings. The Kier molecular flexibility index (Phi) is 4.15. The molecule has 0 saturated heterocycles. The highest BCUT2D eigenvalue weighted by Crippen LogP contribution is 2.24. The van der Waals surface area contributed by atoms with Crippen molar-refractivity contribution < 1.29 is 9.90 Å². The molecule has 0 radical (unpaired) electrons. The summed E-state index contributed by atoms with van der Waals surface area (Å²) in [6, 6.07) is 6.82. The van der Waals surface area contributed by atoms with Crippen molar-refractivity contribution >= 4 is 23.3 Å². The second-order valence-corrected chi connectivity index (χ2v) is 3.62. The number of carboxylic acid groups (broad SMARTS) is 1. The summed E-state index contributed by atoms with van der Waals surface area (Å²) < 4.78 is 0. The molecule has 0 aliphatic rings. The number of carboxylic acids is 1. The summed E-state index contributed by atoms with van der Waals surface area (Å²) in [5.41, 5.74) is 0.979. The van der Waals surface area contributed by atoms with Crippen LogP contribution in [0.2, 0.25) is 5.02 Å². The zero-order valence-electron chi connectivity index (χ0n) is 8.77. The van der Waals surface area contributed by atoms with Gasteiger partial charge in [-0.15, -0.1) is 0 Å². The normalized spacial score (nSPS) is 9.56. The Morgan fingerprint density at radius 1 is 1.62 bits per heavy atom. The third kappa shape index (κ3) is 2.88. The summed E-state index contributed by atoms with van der Waals surface area (Å²) in [6.07, 6.45) is 0. The van der Waals surface area contributed by atoms with Gasteiger partial charge in [-0.25, -0.2) is 0 Å². The molecular formula is C11H11ClN2O2. The van der Waals surface area contributed by atoms with Crippen LogP contribution < -0.4 is 4.90 Å². The fourth-order valence-corrected chi connectivity index (χ4v) is 1.56. The molecule has 16 heavy (non-hydrogen) atoms. The molecule has 1 aromatic carbocycles. The van der Waals surface area contributed by atoms with E-state index in [1.807, 2.05) is 13.0 Å². The van der Waals surface area contributed by atoms with Crippen molar-refractivity contribution in [3.8, 4) is 6.07 Å². The first-order valence-corrected chi connectivity index (χ1v) is 5.12.